The molecule has 10 nitrogen and oxygen atoms in total. The lowest BCUT2D eigenvalue weighted by Crippen LogP contribution is -2.20. The molecule has 0 unspecified atom stereocenters. The molecule has 36 heavy (non-hydrogen) atoms. The second-order valence-electron chi connectivity index (χ2n) is 7.21. The quantitative estimate of drug-likeness (QED) is 0.176. The first-order valence-corrected chi connectivity index (χ1v) is 12.3. The Morgan fingerprint density at radius 3 is 2.42 bits per heavy atom. The SMILES string of the molecule is COc1cc(/C=N/NC(=O)CSc2nnc(-c3ccncc3)n2-c2ccc(Br)cc2)cc(OC)c1O. The average molecular weight is 569 g/mol. The summed E-state index contributed by atoms with van der Waals surface area (Å²) in [5, 5.41) is 23.2. The van der Waals surface area contributed by atoms with Crippen molar-refractivity contribution in [1.29, 1.82) is 0 Å². The van der Waals surface area contributed by atoms with Gasteiger partial charge in [-0.15, -0.1) is 10.2 Å². The predicted molar refractivity (Wildman–Crippen MR) is 140 cm³/mol. The van der Waals surface area contributed by atoms with Gasteiger partial charge in [0.1, 0.15) is 0 Å². The number of phenolic OH excluding ortho intramolecular Hbond substituents is 1. The average Bonchev–Trinajstić information content (AvgIpc) is 3.33. The smallest absolute Gasteiger partial charge is 0.250 e. The number of benzene rings is 2. The molecule has 1 amide bonds. The summed E-state index contributed by atoms with van der Waals surface area (Å²) in [4.78, 5) is 16.5. The minimum atomic E-state index is -0.329. The number of thioether (sulfide) groups is 1. The normalized spacial score (nSPS) is 11.0. The fraction of sp³-hybridized carbons (Fsp3) is 0.125. The Bertz CT molecular complexity index is 1350. The summed E-state index contributed by atoms with van der Waals surface area (Å²) in [5.74, 6) is 0.717. The number of nitrogens with zero attached hydrogens (tertiary/aromatic N) is 5. The zero-order valence-corrected chi connectivity index (χ0v) is 21.7. The number of nitrogens with one attached hydrogen (secondary N) is 1. The van der Waals surface area contributed by atoms with Crippen LogP contribution in [0.3, 0.4) is 0 Å². The number of hydrogen-bond acceptors (Lipinski definition) is 9. The highest BCUT2D eigenvalue weighted by molar-refractivity contribution is 9.10. The van der Waals surface area contributed by atoms with E-state index in [9.17, 15) is 9.90 Å². The summed E-state index contributed by atoms with van der Waals surface area (Å²) in [6.07, 6.45) is 4.81. The lowest BCUT2D eigenvalue weighted by molar-refractivity contribution is -0.118. The molecule has 0 saturated heterocycles. The molecule has 4 rings (SSSR count). The van der Waals surface area contributed by atoms with E-state index in [1.54, 1.807) is 24.5 Å². The highest BCUT2D eigenvalue weighted by Gasteiger charge is 2.17. The number of carbonyl (C=O) groups is 1. The molecular formula is C24H21BrN6O4S. The first-order valence-electron chi connectivity index (χ1n) is 10.5. The molecular weight excluding hydrogens is 548 g/mol. The van der Waals surface area contributed by atoms with Crippen LogP contribution in [-0.4, -0.2) is 56.9 Å². The third kappa shape index (κ3) is 5.83. The van der Waals surface area contributed by atoms with Crippen LogP contribution in [0, 0.1) is 0 Å². The maximum absolute atomic E-state index is 12.5. The molecule has 184 valence electrons. The van der Waals surface area contributed by atoms with E-state index in [1.165, 1.54) is 32.2 Å². The molecule has 0 aliphatic carbocycles. The fourth-order valence-electron chi connectivity index (χ4n) is 3.20. The van der Waals surface area contributed by atoms with Gasteiger partial charge in [-0.05, 0) is 48.5 Å². The number of aromatic nitrogens is 4. The van der Waals surface area contributed by atoms with E-state index in [2.05, 4.69) is 41.6 Å². The van der Waals surface area contributed by atoms with Crippen LogP contribution >= 0.6 is 27.7 Å². The topological polar surface area (TPSA) is 124 Å². The highest BCUT2D eigenvalue weighted by atomic mass is 79.9. The van der Waals surface area contributed by atoms with Crippen LogP contribution in [0.1, 0.15) is 5.56 Å². The van der Waals surface area contributed by atoms with Crippen molar-refractivity contribution in [3.05, 3.63) is 71.0 Å². The van der Waals surface area contributed by atoms with Crippen molar-refractivity contribution in [3.8, 4) is 34.3 Å². The second-order valence-corrected chi connectivity index (χ2v) is 9.07. The van der Waals surface area contributed by atoms with Crippen molar-refractivity contribution >= 4 is 39.8 Å². The standard InChI is InChI=1S/C24H21BrN6O4S/c1-34-19-11-15(12-20(35-2)22(19)33)13-27-28-21(32)14-36-24-30-29-23(16-7-9-26-10-8-16)31(24)18-5-3-17(25)4-6-18/h3-13,33H,14H2,1-2H3,(H,28,32)/b27-13+. The summed E-state index contributed by atoms with van der Waals surface area (Å²) >= 11 is 4.69. The summed E-state index contributed by atoms with van der Waals surface area (Å²) in [7, 11) is 2.86. The molecule has 0 aliphatic rings. The maximum atomic E-state index is 12.5. The van der Waals surface area contributed by atoms with E-state index in [0.717, 1.165) is 15.7 Å². The number of rotatable bonds is 9. The van der Waals surface area contributed by atoms with Gasteiger partial charge in [-0.2, -0.15) is 5.10 Å². The number of pyridine rings is 1. The fourth-order valence-corrected chi connectivity index (χ4v) is 4.21. The van der Waals surface area contributed by atoms with Crippen LogP contribution < -0.4 is 14.9 Å². The number of carbonyl (C=O) groups excluding carboxylic acids is 1. The van der Waals surface area contributed by atoms with Crippen LogP contribution in [0.25, 0.3) is 17.1 Å². The van der Waals surface area contributed by atoms with Crippen molar-refractivity contribution < 1.29 is 19.4 Å². The monoisotopic (exact) mass is 568 g/mol. The Morgan fingerprint density at radius 2 is 1.78 bits per heavy atom. The highest BCUT2D eigenvalue weighted by Crippen LogP contribution is 2.36. The lowest BCUT2D eigenvalue weighted by atomic mass is 10.2. The molecule has 4 aromatic rings. The summed E-state index contributed by atoms with van der Waals surface area (Å²) < 4.78 is 13.1. The van der Waals surface area contributed by atoms with Gasteiger partial charge in [0, 0.05) is 33.7 Å². The van der Waals surface area contributed by atoms with Crippen molar-refractivity contribution in [2.45, 2.75) is 5.16 Å². The number of aromatic hydroxyl groups is 1. The molecule has 0 saturated carbocycles. The number of ether oxygens (including phenoxy) is 2. The molecule has 0 fully saturated rings. The third-order valence-electron chi connectivity index (χ3n) is 4.89. The molecule has 0 bridgehead atoms. The number of amides is 1. The van der Waals surface area contributed by atoms with E-state index in [1.807, 2.05) is 41.0 Å². The van der Waals surface area contributed by atoms with Gasteiger partial charge < -0.3 is 14.6 Å². The van der Waals surface area contributed by atoms with Gasteiger partial charge in [-0.1, -0.05) is 27.7 Å². The molecule has 2 heterocycles. The number of hydrogen-bond donors (Lipinski definition) is 2. The molecule has 12 heteroatoms. The Morgan fingerprint density at radius 1 is 1.11 bits per heavy atom. The van der Waals surface area contributed by atoms with Gasteiger partial charge >= 0.3 is 0 Å². The molecule has 0 radical (unpaired) electrons. The van der Waals surface area contributed by atoms with Crippen molar-refractivity contribution in [3.63, 3.8) is 0 Å². The van der Waals surface area contributed by atoms with Gasteiger partial charge in [0.2, 0.25) is 5.75 Å². The zero-order chi connectivity index (χ0) is 25.5. The molecule has 0 spiro atoms. The van der Waals surface area contributed by atoms with E-state index >= 15 is 0 Å². The number of phenols is 1. The Kier molecular flexibility index (Phi) is 8.18. The van der Waals surface area contributed by atoms with Gasteiger partial charge in [0.25, 0.3) is 5.91 Å². The summed E-state index contributed by atoms with van der Waals surface area (Å²) in [6, 6.07) is 14.6. The van der Waals surface area contributed by atoms with E-state index in [4.69, 9.17) is 9.47 Å². The van der Waals surface area contributed by atoms with E-state index in [-0.39, 0.29) is 28.9 Å². The molecule has 2 aromatic heterocycles. The number of halogens is 1. The van der Waals surface area contributed by atoms with Gasteiger partial charge in [0.05, 0.1) is 26.2 Å². The van der Waals surface area contributed by atoms with E-state index < -0.39 is 0 Å². The van der Waals surface area contributed by atoms with Crippen molar-refractivity contribution in [1.82, 2.24) is 25.2 Å². The van der Waals surface area contributed by atoms with Crippen molar-refractivity contribution in [2.24, 2.45) is 5.10 Å². The summed E-state index contributed by atoms with van der Waals surface area (Å²) in [5.41, 5.74) is 4.77. The second kappa shape index (κ2) is 11.7. The van der Waals surface area contributed by atoms with Gasteiger partial charge in [-0.25, -0.2) is 5.43 Å². The van der Waals surface area contributed by atoms with Crippen LogP contribution in [0.4, 0.5) is 0 Å². The molecule has 0 aliphatic heterocycles. The molecule has 0 atom stereocenters. The third-order valence-corrected chi connectivity index (χ3v) is 6.35. The Hall–Kier alpha value is -3.90. The Balaban J connectivity index is 1.48. The lowest BCUT2D eigenvalue weighted by Gasteiger charge is -2.10. The number of hydrazone groups is 1. The van der Waals surface area contributed by atoms with Crippen LogP contribution in [0.2, 0.25) is 0 Å². The summed E-state index contributed by atoms with van der Waals surface area (Å²) in [6.45, 7) is 0. The van der Waals surface area contributed by atoms with Gasteiger partial charge in [0.15, 0.2) is 22.5 Å². The predicted octanol–water partition coefficient (Wildman–Crippen LogP) is 4.06. The Labute approximate surface area is 219 Å². The first kappa shape index (κ1) is 25.2. The largest absolute Gasteiger partial charge is 0.502 e. The van der Waals surface area contributed by atoms with E-state index in [0.29, 0.717) is 16.5 Å². The zero-order valence-electron chi connectivity index (χ0n) is 19.3. The number of methoxy groups -OCH3 is 2. The van der Waals surface area contributed by atoms with Crippen LogP contribution in [-0.2, 0) is 4.79 Å². The van der Waals surface area contributed by atoms with Crippen LogP contribution in [0.5, 0.6) is 17.2 Å². The minimum Gasteiger partial charge on any atom is -0.502 e. The minimum absolute atomic E-state index is 0.0601. The van der Waals surface area contributed by atoms with Crippen molar-refractivity contribution in [2.75, 3.05) is 20.0 Å². The molecule has 2 aromatic carbocycles. The van der Waals surface area contributed by atoms with Gasteiger partial charge in [-0.3, -0.25) is 14.3 Å². The van der Waals surface area contributed by atoms with Crippen LogP contribution in [0.15, 0.2) is 75.7 Å². The first-order chi connectivity index (χ1) is 17.5. The maximum Gasteiger partial charge on any atom is 0.250 e. The molecule has 2 N–H and O–H groups in total.